The normalized spacial score (nSPS) is 12.3. The van der Waals surface area contributed by atoms with Gasteiger partial charge in [-0.05, 0) is 30.7 Å². The molecule has 2 aromatic carbocycles. The molecule has 1 heterocycles. The van der Waals surface area contributed by atoms with Gasteiger partial charge in [0.2, 0.25) is 0 Å². The number of para-hydroxylation sites is 1. The third kappa shape index (κ3) is 2.88. The molecule has 0 fully saturated rings. The summed E-state index contributed by atoms with van der Waals surface area (Å²) in [4.78, 5) is 0. The van der Waals surface area contributed by atoms with Gasteiger partial charge in [0, 0.05) is 11.8 Å². The largest absolute Gasteiger partial charge is 0.497 e. The molecule has 5 heteroatoms. The molecule has 114 valence electrons. The van der Waals surface area contributed by atoms with Crippen molar-refractivity contribution >= 4 is 16.7 Å². The van der Waals surface area contributed by atoms with Gasteiger partial charge in [0.15, 0.2) is 0 Å². The number of aromatic nitrogens is 3. The van der Waals surface area contributed by atoms with Crippen LogP contribution < -0.4 is 10.1 Å². The molecule has 0 saturated heterocycles. The molecule has 3 aromatic rings. The van der Waals surface area contributed by atoms with Crippen molar-refractivity contribution in [2.24, 2.45) is 0 Å². The van der Waals surface area contributed by atoms with E-state index in [2.05, 4.69) is 22.6 Å². The standard InChI is InChI=1S/C17H20N4O/c1-3-7-17(18-13-8-6-9-14(12-13)22-2)21-16-11-5-4-10-15(16)19-20-21/h4-6,8-12,17-18H,3,7H2,1-2H3. The van der Waals surface area contributed by atoms with Crippen molar-refractivity contribution in [3.05, 3.63) is 48.5 Å². The first kappa shape index (κ1) is 14.4. The van der Waals surface area contributed by atoms with Crippen molar-refractivity contribution in [2.75, 3.05) is 12.4 Å². The van der Waals surface area contributed by atoms with Crippen molar-refractivity contribution in [1.82, 2.24) is 15.0 Å². The monoisotopic (exact) mass is 296 g/mol. The first-order valence-electron chi connectivity index (χ1n) is 7.52. The zero-order chi connectivity index (χ0) is 15.4. The van der Waals surface area contributed by atoms with E-state index in [1.807, 2.05) is 53.2 Å². The van der Waals surface area contributed by atoms with Crippen molar-refractivity contribution < 1.29 is 4.74 Å². The summed E-state index contributed by atoms with van der Waals surface area (Å²) >= 11 is 0. The average molecular weight is 296 g/mol. The summed E-state index contributed by atoms with van der Waals surface area (Å²) in [6.45, 7) is 2.17. The van der Waals surface area contributed by atoms with Crippen LogP contribution in [0.25, 0.3) is 11.0 Å². The molecule has 0 amide bonds. The number of hydrogen-bond acceptors (Lipinski definition) is 4. The Balaban J connectivity index is 1.92. The van der Waals surface area contributed by atoms with Crippen molar-refractivity contribution in [1.29, 1.82) is 0 Å². The maximum atomic E-state index is 5.28. The lowest BCUT2D eigenvalue weighted by Crippen LogP contribution is -2.19. The van der Waals surface area contributed by atoms with Gasteiger partial charge in [-0.3, -0.25) is 0 Å². The van der Waals surface area contributed by atoms with Crippen LogP contribution in [0.4, 0.5) is 5.69 Å². The van der Waals surface area contributed by atoms with Gasteiger partial charge in [-0.1, -0.05) is 36.8 Å². The van der Waals surface area contributed by atoms with Crippen LogP contribution in [0.2, 0.25) is 0 Å². The second kappa shape index (κ2) is 6.47. The molecule has 0 spiro atoms. The van der Waals surface area contributed by atoms with Crippen LogP contribution in [-0.2, 0) is 0 Å². The molecule has 1 aromatic heterocycles. The van der Waals surface area contributed by atoms with Crippen molar-refractivity contribution in [3.63, 3.8) is 0 Å². The van der Waals surface area contributed by atoms with Gasteiger partial charge in [0.25, 0.3) is 0 Å². The second-order valence-corrected chi connectivity index (χ2v) is 5.20. The maximum absolute atomic E-state index is 5.28. The Morgan fingerprint density at radius 2 is 2.05 bits per heavy atom. The number of benzene rings is 2. The number of fused-ring (bicyclic) bond motifs is 1. The molecule has 0 radical (unpaired) electrons. The minimum absolute atomic E-state index is 0.0597. The van der Waals surface area contributed by atoms with Crippen LogP contribution >= 0.6 is 0 Å². The summed E-state index contributed by atoms with van der Waals surface area (Å²) in [7, 11) is 1.67. The second-order valence-electron chi connectivity index (χ2n) is 5.20. The SMILES string of the molecule is CCCC(Nc1cccc(OC)c1)n1nnc2ccccc21. The quantitative estimate of drug-likeness (QED) is 0.750. The minimum Gasteiger partial charge on any atom is -0.497 e. The summed E-state index contributed by atoms with van der Waals surface area (Å²) in [5.41, 5.74) is 2.96. The summed E-state index contributed by atoms with van der Waals surface area (Å²) in [5.74, 6) is 0.837. The van der Waals surface area contributed by atoms with E-state index in [1.54, 1.807) is 7.11 Å². The van der Waals surface area contributed by atoms with Crippen LogP contribution in [0.15, 0.2) is 48.5 Å². The molecule has 1 N–H and O–H groups in total. The van der Waals surface area contributed by atoms with E-state index in [4.69, 9.17) is 4.74 Å². The van der Waals surface area contributed by atoms with E-state index in [9.17, 15) is 0 Å². The molecule has 0 saturated carbocycles. The smallest absolute Gasteiger partial charge is 0.123 e. The Morgan fingerprint density at radius 1 is 1.18 bits per heavy atom. The Bertz CT molecular complexity index is 753. The minimum atomic E-state index is 0.0597. The molecule has 1 unspecified atom stereocenters. The van der Waals surface area contributed by atoms with Gasteiger partial charge >= 0.3 is 0 Å². The maximum Gasteiger partial charge on any atom is 0.123 e. The summed E-state index contributed by atoms with van der Waals surface area (Å²) in [6.07, 6.45) is 2.07. The van der Waals surface area contributed by atoms with Crippen molar-refractivity contribution in [2.45, 2.75) is 25.9 Å². The van der Waals surface area contributed by atoms with Crippen LogP contribution in [0.1, 0.15) is 25.9 Å². The van der Waals surface area contributed by atoms with E-state index >= 15 is 0 Å². The zero-order valence-corrected chi connectivity index (χ0v) is 12.9. The predicted molar refractivity (Wildman–Crippen MR) is 88.1 cm³/mol. The first-order valence-corrected chi connectivity index (χ1v) is 7.52. The molecule has 0 bridgehead atoms. The highest BCUT2D eigenvalue weighted by Gasteiger charge is 2.14. The highest BCUT2D eigenvalue weighted by Crippen LogP contribution is 2.24. The summed E-state index contributed by atoms with van der Waals surface area (Å²) in [5, 5.41) is 12.1. The van der Waals surface area contributed by atoms with Gasteiger partial charge in [0.05, 0.1) is 12.6 Å². The lowest BCUT2D eigenvalue weighted by Gasteiger charge is -2.20. The van der Waals surface area contributed by atoms with E-state index < -0.39 is 0 Å². The van der Waals surface area contributed by atoms with E-state index in [1.165, 1.54) is 0 Å². The Kier molecular flexibility index (Phi) is 4.23. The number of nitrogens with one attached hydrogen (secondary N) is 1. The molecule has 0 aliphatic carbocycles. The number of anilines is 1. The van der Waals surface area contributed by atoms with E-state index in [0.717, 1.165) is 35.3 Å². The van der Waals surface area contributed by atoms with Crippen LogP contribution in [-0.4, -0.2) is 22.1 Å². The van der Waals surface area contributed by atoms with Crippen LogP contribution in [0.3, 0.4) is 0 Å². The third-order valence-corrected chi connectivity index (χ3v) is 3.64. The average Bonchev–Trinajstić information content (AvgIpc) is 2.99. The lowest BCUT2D eigenvalue weighted by atomic mass is 10.2. The molecule has 5 nitrogen and oxygen atoms in total. The summed E-state index contributed by atoms with van der Waals surface area (Å²) in [6, 6.07) is 15.9. The number of ether oxygens (including phenoxy) is 1. The van der Waals surface area contributed by atoms with Gasteiger partial charge in [-0.15, -0.1) is 5.10 Å². The van der Waals surface area contributed by atoms with Gasteiger partial charge in [-0.25, -0.2) is 4.68 Å². The molecular formula is C17H20N4O. The molecular weight excluding hydrogens is 276 g/mol. The van der Waals surface area contributed by atoms with E-state index in [0.29, 0.717) is 0 Å². The predicted octanol–water partition coefficient (Wildman–Crippen LogP) is 3.85. The Morgan fingerprint density at radius 3 is 2.86 bits per heavy atom. The molecule has 1 atom stereocenters. The van der Waals surface area contributed by atoms with E-state index in [-0.39, 0.29) is 6.17 Å². The zero-order valence-electron chi connectivity index (χ0n) is 12.9. The van der Waals surface area contributed by atoms with Crippen molar-refractivity contribution in [3.8, 4) is 5.75 Å². The number of hydrogen-bond donors (Lipinski definition) is 1. The molecule has 0 aliphatic rings. The fourth-order valence-corrected chi connectivity index (χ4v) is 2.55. The highest BCUT2D eigenvalue weighted by molar-refractivity contribution is 5.74. The molecule has 22 heavy (non-hydrogen) atoms. The van der Waals surface area contributed by atoms with Crippen LogP contribution in [0, 0.1) is 0 Å². The third-order valence-electron chi connectivity index (χ3n) is 3.64. The number of nitrogens with zero attached hydrogens (tertiary/aromatic N) is 3. The lowest BCUT2D eigenvalue weighted by molar-refractivity contribution is 0.414. The summed E-state index contributed by atoms with van der Waals surface area (Å²) < 4.78 is 7.24. The van der Waals surface area contributed by atoms with Gasteiger partial charge in [0.1, 0.15) is 17.4 Å². The number of rotatable bonds is 6. The fraction of sp³-hybridized carbons (Fsp3) is 0.294. The van der Waals surface area contributed by atoms with Gasteiger partial charge < -0.3 is 10.1 Å². The molecule has 0 aliphatic heterocycles. The highest BCUT2D eigenvalue weighted by atomic mass is 16.5. The van der Waals surface area contributed by atoms with Gasteiger partial charge in [-0.2, -0.15) is 0 Å². The number of methoxy groups -OCH3 is 1. The fourth-order valence-electron chi connectivity index (χ4n) is 2.55. The Labute approximate surface area is 129 Å². The topological polar surface area (TPSA) is 52.0 Å². The Hall–Kier alpha value is -2.56. The first-order chi connectivity index (χ1) is 10.8. The molecule has 3 rings (SSSR count). The van der Waals surface area contributed by atoms with Crippen LogP contribution in [0.5, 0.6) is 5.75 Å².